The summed E-state index contributed by atoms with van der Waals surface area (Å²) in [6.45, 7) is 3.85. The molecule has 6 heteroatoms. The summed E-state index contributed by atoms with van der Waals surface area (Å²) in [7, 11) is -2.22. The van der Waals surface area contributed by atoms with E-state index < -0.39 is 10.0 Å². The van der Waals surface area contributed by atoms with Crippen molar-refractivity contribution in [1.29, 1.82) is 0 Å². The normalized spacial score (nSPS) is 11.6. The van der Waals surface area contributed by atoms with Crippen molar-refractivity contribution in [2.45, 2.75) is 31.6 Å². The van der Waals surface area contributed by atoms with E-state index in [1.54, 1.807) is 12.1 Å². The highest BCUT2D eigenvalue weighted by molar-refractivity contribution is 7.90. The van der Waals surface area contributed by atoms with Gasteiger partial charge in [0.25, 0.3) is 10.0 Å². The van der Waals surface area contributed by atoms with Crippen LogP contribution in [0.1, 0.15) is 25.2 Å². The fourth-order valence-electron chi connectivity index (χ4n) is 2.04. The second kappa shape index (κ2) is 5.66. The Bertz CT molecular complexity index is 705. The van der Waals surface area contributed by atoms with Crippen LogP contribution >= 0.6 is 0 Å². The summed E-state index contributed by atoms with van der Waals surface area (Å²) in [6.07, 6.45) is 4.26. The van der Waals surface area contributed by atoms with Gasteiger partial charge in [-0.1, -0.05) is 19.9 Å². The summed E-state index contributed by atoms with van der Waals surface area (Å²) in [5.74, 6) is 0.854. The van der Waals surface area contributed by atoms with E-state index in [1.165, 1.54) is 23.5 Å². The molecule has 0 spiro atoms. The Labute approximate surface area is 119 Å². The molecule has 5 nitrogen and oxygen atoms in total. The van der Waals surface area contributed by atoms with Gasteiger partial charge in [-0.2, -0.15) is 0 Å². The van der Waals surface area contributed by atoms with Crippen LogP contribution in [0.15, 0.2) is 35.5 Å². The Morgan fingerprint density at radius 3 is 2.60 bits per heavy atom. The minimum absolute atomic E-state index is 0.173. The molecule has 108 valence electrons. The van der Waals surface area contributed by atoms with Gasteiger partial charge < -0.3 is 4.74 Å². The highest BCUT2D eigenvalue weighted by atomic mass is 32.2. The summed E-state index contributed by atoms with van der Waals surface area (Å²) in [4.78, 5) is 4.24. The molecule has 2 rings (SSSR count). The average Bonchev–Trinajstić information content (AvgIpc) is 2.95. The summed E-state index contributed by atoms with van der Waals surface area (Å²) in [6, 6.07) is 5.22. The van der Waals surface area contributed by atoms with Crippen LogP contribution in [0, 0.1) is 0 Å². The number of nitrogens with zero attached hydrogens (tertiary/aromatic N) is 2. The van der Waals surface area contributed by atoms with Gasteiger partial charge in [-0.05, 0) is 24.1 Å². The van der Waals surface area contributed by atoms with Crippen LogP contribution < -0.4 is 4.74 Å². The largest absolute Gasteiger partial charge is 0.495 e. The average molecular weight is 294 g/mol. The van der Waals surface area contributed by atoms with Crippen molar-refractivity contribution in [3.05, 3.63) is 42.0 Å². The summed E-state index contributed by atoms with van der Waals surface area (Å²) < 4.78 is 31.9. The van der Waals surface area contributed by atoms with Crippen molar-refractivity contribution in [3.63, 3.8) is 0 Å². The number of hydrogen-bond acceptors (Lipinski definition) is 4. The predicted octanol–water partition coefficient (Wildman–Crippen LogP) is 2.25. The van der Waals surface area contributed by atoms with Crippen LogP contribution in [-0.4, -0.2) is 24.5 Å². The fraction of sp³-hybridized carbons (Fsp3) is 0.357. The number of hydrogen-bond donors (Lipinski definition) is 0. The molecular weight excluding hydrogens is 276 g/mol. The number of imidazole rings is 1. The monoisotopic (exact) mass is 294 g/mol. The zero-order chi connectivity index (χ0) is 14.8. The van der Waals surface area contributed by atoms with E-state index in [4.69, 9.17) is 4.74 Å². The molecule has 0 N–H and O–H groups in total. The molecular formula is C14H18N2O3S. The van der Waals surface area contributed by atoms with Crippen molar-refractivity contribution < 1.29 is 13.2 Å². The van der Waals surface area contributed by atoms with E-state index in [2.05, 4.69) is 4.98 Å². The summed E-state index contributed by atoms with van der Waals surface area (Å²) in [5, 5.41) is 0. The number of benzene rings is 1. The molecule has 1 aromatic carbocycles. The second-order valence-corrected chi connectivity index (χ2v) is 6.12. The standard InChI is InChI=1S/C14H18N2O3S/c1-4-11-6-7-12(19-3)13(10-11)20(17,18)16-9-8-15-14(16)5-2/h6-10H,4-5H2,1-3H3. The van der Waals surface area contributed by atoms with Crippen LogP contribution in [0.5, 0.6) is 5.75 Å². The third-order valence-corrected chi connectivity index (χ3v) is 4.89. The number of ether oxygens (including phenoxy) is 1. The van der Waals surface area contributed by atoms with Gasteiger partial charge in [0.15, 0.2) is 0 Å². The zero-order valence-corrected chi connectivity index (χ0v) is 12.6. The molecule has 0 saturated carbocycles. The Morgan fingerprint density at radius 1 is 1.25 bits per heavy atom. The van der Waals surface area contributed by atoms with Gasteiger partial charge in [-0.25, -0.2) is 17.4 Å². The van der Waals surface area contributed by atoms with E-state index in [0.717, 1.165) is 12.0 Å². The molecule has 0 radical (unpaired) electrons. The van der Waals surface area contributed by atoms with Crippen LogP contribution in [-0.2, 0) is 22.9 Å². The number of rotatable bonds is 5. The van der Waals surface area contributed by atoms with Crippen molar-refractivity contribution in [1.82, 2.24) is 8.96 Å². The van der Waals surface area contributed by atoms with Crippen LogP contribution in [0.2, 0.25) is 0 Å². The minimum atomic E-state index is -3.68. The van der Waals surface area contributed by atoms with Crippen LogP contribution in [0.3, 0.4) is 0 Å². The van der Waals surface area contributed by atoms with Crippen molar-refractivity contribution in [2.75, 3.05) is 7.11 Å². The molecule has 0 aliphatic heterocycles. The Balaban J connectivity index is 2.65. The van der Waals surface area contributed by atoms with E-state index in [0.29, 0.717) is 18.0 Å². The number of methoxy groups -OCH3 is 1. The first-order chi connectivity index (χ1) is 9.54. The first kappa shape index (κ1) is 14.6. The van der Waals surface area contributed by atoms with Crippen LogP contribution in [0.25, 0.3) is 0 Å². The molecule has 0 aliphatic rings. The first-order valence-electron chi connectivity index (χ1n) is 6.49. The third kappa shape index (κ3) is 2.43. The Kier molecular flexibility index (Phi) is 4.13. The van der Waals surface area contributed by atoms with E-state index >= 15 is 0 Å². The summed E-state index contributed by atoms with van der Waals surface area (Å²) in [5.41, 5.74) is 0.947. The van der Waals surface area contributed by atoms with Gasteiger partial charge >= 0.3 is 0 Å². The lowest BCUT2D eigenvalue weighted by molar-refractivity contribution is 0.402. The number of aromatic nitrogens is 2. The maximum atomic E-state index is 12.8. The summed E-state index contributed by atoms with van der Waals surface area (Å²) >= 11 is 0. The van der Waals surface area contributed by atoms with Gasteiger partial charge in [0, 0.05) is 18.8 Å². The minimum Gasteiger partial charge on any atom is -0.495 e. The topological polar surface area (TPSA) is 61.2 Å². The van der Waals surface area contributed by atoms with E-state index in [-0.39, 0.29) is 4.90 Å². The van der Waals surface area contributed by atoms with Gasteiger partial charge in [-0.15, -0.1) is 0 Å². The van der Waals surface area contributed by atoms with Crippen LogP contribution in [0.4, 0.5) is 0 Å². The molecule has 0 saturated heterocycles. The molecule has 0 amide bonds. The van der Waals surface area contributed by atoms with Gasteiger partial charge in [0.1, 0.15) is 16.5 Å². The highest BCUT2D eigenvalue weighted by Crippen LogP contribution is 2.27. The lowest BCUT2D eigenvalue weighted by Crippen LogP contribution is -2.16. The molecule has 0 fully saturated rings. The molecule has 0 bridgehead atoms. The second-order valence-electron chi connectivity index (χ2n) is 4.34. The Morgan fingerprint density at radius 2 is 2.00 bits per heavy atom. The third-order valence-electron chi connectivity index (χ3n) is 3.17. The van der Waals surface area contributed by atoms with Gasteiger partial charge in [0.2, 0.25) is 0 Å². The maximum Gasteiger partial charge on any atom is 0.272 e. The smallest absolute Gasteiger partial charge is 0.272 e. The van der Waals surface area contributed by atoms with Gasteiger partial charge in [-0.3, -0.25) is 0 Å². The maximum absolute atomic E-state index is 12.8. The molecule has 2 aromatic rings. The quantitative estimate of drug-likeness (QED) is 0.848. The molecule has 0 aliphatic carbocycles. The molecule has 0 atom stereocenters. The highest BCUT2D eigenvalue weighted by Gasteiger charge is 2.24. The van der Waals surface area contributed by atoms with Crippen molar-refractivity contribution in [3.8, 4) is 5.75 Å². The zero-order valence-electron chi connectivity index (χ0n) is 11.8. The lowest BCUT2D eigenvalue weighted by Gasteiger charge is -2.13. The predicted molar refractivity (Wildman–Crippen MR) is 76.6 cm³/mol. The van der Waals surface area contributed by atoms with E-state index in [9.17, 15) is 8.42 Å². The SMILES string of the molecule is CCc1ccc(OC)c(S(=O)(=O)n2ccnc2CC)c1. The molecule has 1 aromatic heterocycles. The number of aryl methyl sites for hydroxylation is 2. The molecule has 1 heterocycles. The molecule has 0 unspecified atom stereocenters. The van der Waals surface area contributed by atoms with Gasteiger partial charge in [0.05, 0.1) is 7.11 Å². The van der Waals surface area contributed by atoms with Crippen molar-refractivity contribution in [2.24, 2.45) is 0 Å². The molecule has 20 heavy (non-hydrogen) atoms. The fourth-order valence-corrected chi connectivity index (χ4v) is 3.62. The van der Waals surface area contributed by atoms with Crippen molar-refractivity contribution >= 4 is 10.0 Å². The first-order valence-corrected chi connectivity index (χ1v) is 7.93. The Hall–Kier alpha value is -1.82. The van der Waals surface area contributed by atoms with E-state index in [1.807, 2.05) is 19.9 Å². The lowest BCUT2D eigenvalue weighted by atomic mass is 10.2.